The molecule has 2 nitrogen and oxygen atoms in total. The van der Waals surface area contributed by atoms with E-state index in [9.17, 15) is 0 Å². The van der Waals surface area contributed by atoms with E-state index in [-0.39, 0.29) is 0 Å². The summed E-state index contributed by atoms with van der Waals surface area (Å²) in [7, 11) is 0. The van der Waals surface area contributed by atoms with E-state index < -0.39 is 0 Å². The summed E-state index contributed by atoms with van der Waals surface area (Å²) in [4.78, 5) is 2.60. The van der Waals surface area contributed by atoms with Gasteiger partial charge in [0.05, 0.1) is 0 Å². The first kappa shape index (κ1) is 14.0. The molecule has 0 atom stereocenters. The quantitative estimate of drug-likeness (QED) is 0.684. The van der Waals surface area contributed by atoms with Gasteiger partial charge >= 0.3 is 0 Å². The lowest BCUT2D eigenvalue weighted by atomic mass is 9.85. The topological polar surface area (TPSA) is 15.3 Å². The van der Waals surface area contributed by atoms with Crippen LogP contribution in [0.2, 0.25) is 0 Å². The fourth-order valence-electron chi connectivity index (χ4n) is 2.10. The van der Waals surface area contributed by atoms with Gasteiger partial charge in [-0.3, -0.25) is 0 Å². The molecule has 0 aliphatic heterocycles. The summed E-state index contributed by atoms with van der Waals surface area (Å²) in [6.07, 6.45) is 5.58. The molecule has 0 bridgehead atoms. The van der Waals surface area contributed by atoms with Crippen LogP contribution in [-0.4, -0.2) is 36.6 Å². The van der Waals surface area contributed by atoms with Gasteiger partial charge in [0, 0.05) is 25.2 Å². The van der Waals surface area contributed by atoms with Crippen LogP contribution in [-0.2, 0) is 0 Å². The molecule has 0 saturated heterocycles. The SMILES string of the molecule is CCN(CCNC(C)(C)CC)CC1CCC1. The van der Waals surface area contributed by atoms with E-state index in [4.69, 9.17) is 0 Å². The van der Waals surface area contributed by atoms with Crippen LogP contribution in [0.5, 0.6) is 0 Å². The van der Waals surface area contributed by atoms with Gasteiger partial charge in [0.1, 0.15) is 0 Å². The number of nitrogens with zero attached hydrogens (tertiary/aromatic N) is 1. The Morgan fingerprint density at radius 1 is 1.25 bits per heavy atom. The summed E-state index contributed by atoms with van der Waals surface area (Å²) < 4.78 is 0. The van der Waals surface area contributed by atoms with Gasteiger partial charge in [-0.2, -0.15) is 0 Å². The molecule has 0 unspecified atom stereocenters. The van der Waals surface area contributed by atoms with Gasteiger partial charge < -0.3 is 10.2 Å². The van der Waals surface area contributed by atoms with Crippen molar-refractivity contribution in [2.45, 2.75) is 58.9 Å². The first-order chi connectivity index (χ1) is 7.57. The van der Waals surface area contributed by atoms with E-state index in [1.54, 1.807) is 0 Å². The molecular weight excluding hydrogens is 196 g/mol. The van der Waals surface area contributed by atoms with E-state index >= 15 is 0 Å². The molecule has 1 saturated carbocycles. The van der Waals surface area contributed by atoms with Crippen LogP contribution in [0.1, 0.15) is 53.4 Å². The highest BCUT2D eigenvalue weighted by Gasteiger charge is 2.20. The standard InChI is InChI=1S/C14H30N2/c1-5-14(3,4)15-10-11-16(6-2)12-13-8-7-9-13/h13,15H,5-12H2,1-4H3. The normalized spacial score (nSPS) is 17.8. The lowest BCUT2D eigenvalue weighted by Gasteiger charge is -2.33. The Bertz CT molecular complexity index is 185. The molecule has 1 N–H and O–H groups in total. The fourth-order valence-corrected chi connectivity index (χ4v) is 2.10. The molecule has 1 aliphatic carbocycles. The summed E-state index contributed by atoms with van der Waals surface area (Å²) >= 11 is 0. The Morgan fingerprint density at radius 2 is 1.94 bits per heavy atom. The minimum Gasteiger partial charge on any atom is -0.311 e. The van der Waals surface area contributed by atoms with Crippen molar-refractivity contribution in [1.82, 2.24) is 10.2 Å². The highest BCUT2D eigenvalue weighted by atomic mass is 15.1. The predicted molar refractivity (Wildman–Crippen MR) is 71.8 cm³/mol. The van der Waals surface area contributed by atoms with Crippen LogP contribution >= 0.6 is 0 Å². The van der Waals surface area contributed by atoms with E-state index in [0.717, 1.165) is 12.5 Å². The second kappa shape index (κ2) is 6.61. The van der Waals surface area contributed by atoms with E-state index in [2.05, 4.69) is 37.9 Å². The number of nitrogens with one attached hydrogen (secondary N) is 1. The Hall–Kier alpha value is -0.0800. The van der Waals surface area contributed by atoms with Crippen LogP contribution in [0.25, 0.3) is 0 Å². The average Bonchev–Trinajstić information content (AvgIpc) is 2.20. The molecule has 0 amide bonds. The van der Waals surface area contributed by atoms with Crippen LogP contribution in [0.4, 0.5) is 0 Å². The van der Waals surface area contributed by atoms with Crippen LogP contribution in [0, 0.1) is 5.92 Å². The number of hydrogen-bond acceptors (Lipinski definition) is 2. The fraction of sp³-hybridized carbons (Fsp3) is 1.00. The third kappa shape index (κ3) is 4.84. The largest absolute Gasteiger partial charge is 0.311 e. The Labute approximate surface area is 102 Å². The zero-order chi connectivity index (χ0) is 12.0. The Morgan fingerprint density at radius 3 is 2.38 bits per heavy atom. The van der Waals surface area contributed by atoms with Gasteiger partial charge in [0.2, 0.25) is 0 Å². The minimum atomic E-state index is 0.301. The molecule has 0 heterocycles. The van der Waals surface area contributed by atoms with Gasteiger partial charge in [-0.15, -0.1) is 0 Å². The van der Waals surface area contributed by atoms with Crippen LogP contribution < -0.4 is 5.32 Å². The second-order valence-electron chi connectivity index (χ2n) is 5.85. The molecule has 96 valence electrons. The van der Waals surface area contributed by atoms with Crippen molar-refractivity contribution in [3.05, 3.63) is 0 Å². The second-order valence-corrected chi connectivity index (χ2v) is 5.85. The maximum Gasteiger partial charge on any atom is 0.0123 e. The Kier molecular flexibility index (Phi) is 5.77. The molecular formula is C14H30N2. The van der Waals surface area contributed by atoms with Crippen molar-refractivity contribution in [2.75, 3.05) is 26.2 Å². The van der Waals surface area contributed by atoms with E-state index in [0.29, 0.717) is 5.54 Å². The van der Waals surface area contributed by atoms with Crippen LogP contribution in [0.3, 0.4) is 0 Å². The molecule has 0 spiro atoms. The van der Waals surface area contributed by atoms with E-state index in [1.165, 1.54) is 45.3 Å². The molecule has 0 aromatic heterocycles. The first-order valence-electron chi connectivity index (χ1n) is 7.04. The van der Waals surface area contributed by atoms with Gasteiger partial charge in [0.15, 0.2) is 0 Å². The number of rotatable bonds is 8. The first-order valence-corrected chi connectivity index (χ1v) is 7.04. The van der Waals surface area contributed by atoms with E-state index in [1.807, 2.05) is 0 Å². The molecule has 0 aromatic carbocycles. The van der Waals surface area contributed by atoms with Crippen molar-refractivity contribution < 1.29 is 0 Å². The summed E-state index contributed by atoms with van der Waals surface area (Å²) in [6, 6.07) is 0. The molecule has 1 fully saturated rings. The third-order valence-electron chi connectivity index (χ3n) is 4.10. The summed E-state index contributed by atoms with van der Waals surface area (Å²) in [5.41, 5.74) is 0.301. The van der Waals surface area contributed by atoms with Crippen molar-refractivity contribution in [2.24, 2.45) is 5.92 Å². The summed E-state index contributed by atoms with van der Waals surface area (Å²) in [5, 5.41) is 3.64. The molecule has 2 heteroatoms. The maximum absolute atomic E-state index is 3.64. The maximum atomic E-state index is 3.64. The van der Waals surface area contributed by atoms with Gasteiger partial charge in [-0.25, -0.2) is 0 Å². The van der Waals surface area contributed by atoms with Gasteiger partial charge in [0.25, 0.3) is 0 Å². The van der Waals surface area contributed by atoms with Crippen molar-refractivity contribution in [1.29, 1.82) is 0 Å². The monoisotopic (exact) mass is 226 g/mol. The lowest BCUT2D eigenvalue weighted by molar-refractivity contribution is 0.180. The molecule has 0 radical (unpaired) electrons. The Balaban J connectivity index is 2.13. The van der Waals surface area contributed by atoms with Gasteiger partial charge in [-0.1, -0.05) is 20.3 Å². The summed E-state index contributed by atoms with van der Waals surface area (Å²) in [5.74, 6) is 0.999. The molecule has 1 rings (SSSR count). The number of hydrogen-bond donors (Lipinski definition) is 1. The zero-order valence-electron chi connectivity index (χ0n) is 11.7. The van der Waals surface area contributed by atoms with Crippen LogP contribution in [0.15, 0.2) is 0 Å². The minimum absolute atomic E-state index is 0.301. The zero-order valence-corrected chi connectivity index (χ0v) is 11.7. The van der Waals surface area contributed by atoms with Crippen molar-refractivity contribution in [3.8, 4) is 0 Å². The van der Waals surface area contributed by atoms with Crippen molar-refractivity contribution in [3.63, 3.8) is 0 Å². The van der Waals surface area contributed by atoms with Crippen molar-refractivity contribution >= 4 is 0 Å². The molecule has 0 aromatic rings. The highest BCUT2D eigenvalue weighted by Crippen LogP contribution is 2.26. The highest BCUT2D eigenvalue weighted by molar-refractivity contribution is 4.77. The average molecular weight is 226 g/mol. The molecule has 16 heavy (non-hydrogen) atoms. The molecule has 1 aliphatic rings. The lowest BCUT2D eigenvalue weighted by Crippen LogP contribution is -2.44. The summed E-state index contributed by atoms with van der Waals surface area (Å²) in [6.45, 7) is 14.0. The predicted octanol–water partition coefficient (Wildman–Crippen LogP) is 2.89. The number of likely N-dealkylation sites (N-methyl/N-ethyl adjacent to an activating group) is 1. The van der Waals surface area contributed by atoms with Gasteiger partial charge in [-0.05, 0) is 45.6 Å². The smallest absolute Gasteiger partial charge is 0.0123 e. The third-order valence-corrected chi connectivity index (χ3v) is 4.10.